The van der Waals surface area contributed by atoms with Crippen LogP contribution in [0.3, 0.4) is 0 Å². The van der Waals surface area contributed by atoms with E-state index < -0.39 is 11.7 Å². The Kier molecular flexibility index (Phi) is 7.15. The average Bonchev–Trinajstić information content (AvgIpc) is 3.04. The van der Waals surface area contributed by atoms with Crippen molar-refractivity contribution in [1.29, 1.82) is 0 Å². The van der Waals surface area contributed by atoms with Crippen molar-refractivity contribution >= 4 is 56.7 Å². The fraction of sp³-hybridized carbons (Fsp3) is 0.259. The summed E-state index contributed by atoms with van der Waals surface area (Å²) in [6, 6.07) is 13.5. The van der Waals surface area contributed by atoms with Gasteiger partial charge in [-0.2, -0.15) is 13.2 Å². The lowest BCUT2D eigenvalue weighted by atomic mass is 9.96. The predicted octanol–water partition coefficient (Wildman–Crippen LogP) is 5.82. The summed E-state index contributed by atoms with van der Waals surface area (Å²) < 4.78 is 47.3. The van der Waals surface area contributed by atoms with Gasteiger partial charge in [-0.3, -0.25) is 4.79 Å². The average molecular weight is 544 g/mol. The van der Waals surface area contributed by atoms with Gasteiger partial charge in [-0.05, 0) is 65.9 Å². The van der Waals surface area contributed by atoms with Gasteiger partial charge in [0, 0.05) is 36.3 Å². The molecule has 0 atom stereocenters. The van der Waals surface area contributed by atoms with Crippen molar-refractivity contribution in [2.24, 2.45) is 0 Å². The van der Waals surface area contributed by atoms with E-state index in [2.05, 4.69) is 10.6 Å². The number of carbonyl (C=O) groups is 1. The summed E-state index contributed by atoms with van der Waals surface area (Å²) in [5.74, 6) is 0.378. The molecule has 2 saturated heterocycles. The number of thioether (sulfide) groups is 1. The van der Waals surface area contributed by atoms with Gasteiger partial charge in [0.15, 0.2) is 0 Å². The number of hydrogen-bond donors (Lipinski definition) is 2. The molecule has 37 heavy (non-hydrogen) atoms. The maximum atomic E-state index is 13.8. The van der Waals surface area contributed by atoms with Gasteiger partial charge in [-0.1, -0.05) is 42.2 Å². The van der Waals surface area contributed by atoms with Gasteiger partial charge in [0.1, 0.15) is 10.1 Å². The molecule has 2 aliphatic heterocycles. The number of ether oxygens (including phenoxy) is 1. The number of carbonyl (C=O) groups excluding carboxylic acids is 1. The Hall–Kier alpha value is -3.08. The lowest BCUT2D eigenvalue weighted by Gasteiger charge is -2.26. The van der Waals surface area contributed by atoms with Gasteiger partial charge < -0.3 is 20.3 Å². The van der Waals surface area contributed by atoms with E-state index in [0.717, 1.165) is 35.0 Å². The molecule has 2 aliphatic rings. The van der Waals surface area contributed by atoms with Crippen molar-refractivity contribution in [3.8, 4) is 16.9 Å². The predicted molar refractivity (Wildman–Crippen MR) is 147 cm³/mol. The van der Waals surface area contributed by atoms with Crippen LogP contribution in [0.15, 0.2) is 53.4 Å². The van der Waals surface area contributed by atoms with Crippen LogP contribution < -0.4 is 20.3 Å². The first kappa shape index (κ1) is 25.6. The summed E-state index contributed by atoms with van der Waals surface area (Å²) in [6.45, 7) is 2.83. The zero-order chi connectivity index (χ0) is 26.2. The fourth-order valence-corrected chi connectivity index (χ4v) is 5.68. The first-order valence-corrected chi connectivity index (χ1v) is 13.0. The summed E-state index contributed by atoms with van der Waals surface area (Å²) >= 11 is 6.28. The molecule has 2 N–H and O–H groups in total. The second kappa shape index (κ2) is 10.4. The molecule has 2 fully saturated rings. The van der Waals surface area contributed by atoms with Gasteiger partial charge in [0.05, 0.1) is 17.6 Å². The number of amides is 1. The highest BCUT2D eigenvalue weighted by atomic mass is 32.2. The third-order valence-electron chi connectivity index (χ3n) is 6.41. The number of alkyl halides is 3. The van der Waals surface area contributed by atoms with Crippen LogP contribution in [-0.4, -0.2) is 43.5 Å². The fourth-order valence-electron chi connectivity index (χ4n) is 4.63. The summed E-state index contributed by atoms with van der Waals surface area (Å²) in [5.41, 5.74) is 2.27. The number of nitrogens with one attached hydrogen (secondary N) is 2. The van der Waals surface area contributed by atoms with Gasteiger partial charge in [0.25, 0.3) is 5.91 Å². The van der Waals surface area contributed by atoms with E-state index in [0.29, 0.717) is 45.7 Å². The molecule has 192 valence electrons. The number of halogens is 3. The molecular formula is C27H24F3N3O2S2. The first-order valence-electron chi connectivity index (χ1n) is 11.8. The molecule has 5 nitrogen and oxygen atoms in total. The van der Waals surface area contributed by atoms with E-state index in [1.54, 1.807) is 25.3 Å². The largest absolute Gasteiger partial charge is 0.496 e. The van der Waals surface area contributed by atoms with Crippen molar-refractivity contribution in [3.63, 3.8) is 0 Å². The minimum absolute atomic E-state index is 0.241. The lowest BCUT2D eigenvalue weighted by Crippen LogP contribution is -2.28. The molecule has 0 aliphatic carbocycles. The number of fused-ring (bicyclic) bond motifs is 1. The van der Waals surface area contributed by atoms with Crippen LogP contribution in [-0.2, 0) is 11.0 Å². The Bertz CT molecular complexity index is 1410. The monoisotopic (exact) mass is 543 g/mol. The van der Waals surface area contributed by atoms with Gasteiger partial charge in [-0.25, -0.2) is 0 Å². The Labute approximate surface area is 222 Å². The molecule has 3 aromatic carbocycles. The Morgan fingerprint density at radius 2 is 1.92 bits per heavy atom. The topological polar surface area (TPSA) is 53.6 Å². The van der Waals surface area contributed by atoms with E-state index in [-0.39, 0.29) is 5.91 Å². The molecule has 3 aromatic rings. The van der Waals surface area contributed by atoms with E-state index in [1.165, 1.54) is 23.9 Å². The van der Waals surface area contributed by atoms with Gasteiger partial charge in [0.2, 0.25) is 0 Å². The summed E-state index contributed by atoms with van der Waals surface area (Å²) in [5, 5.41) is 7.18. The highest BCUT2D eigenvalue weighted by Crippen LogP contribution is 2.40. The number of benzene rings is 3. The standard InChI is InChI=1S/C27H24F3N3O2S2/c1-35-23-6-3-16(12-24-25(34)32-26(36)37-24)11-21(23)18-5-4-17-13-19(27(28,29)30)15-22(20(17)14-18)33-9-2-7-31-8-10-33/h3-6,11-15,31H,2,7-10H2,1H3,(H,32,34,36)/b24-12-. The second-order valence-corrected chi connectivity index (χ2v) is 10.6. The van der Waals surface area contributed by atoms with Crippen LogP contribution in [0.4, 0.5) is 18.9 Å². The molecular weight excluding hydrogens is 519 g/mol. The molecule has 0 radical (unpaired) electrons. The molecule has 0 saturated carbocycles. The molecule has 0 unspecified atom stereocenters. The van der Waals surface area contributed by atoms with Crippen LogP contribution in [0, 0.1) is 0 Å². The number of hydrogen-bond acceptors (Lipinski definition) is 6. The number of anilines is 1. The summed E-state index contributed by atoms with van der Waals surface area (Å²) in [6.07, 6.45) is -1.84. The lowest BCUT2D eigenvalue weighted by molar-refractivity contribution is -0.137. The van der Waals surface area contributed by atoms with Crippen LogP contribution in [0.1, 0.15) is 17.5 Å². The van der Waals surface area contributed by atoms with Crippen molar-refractivity contribution < 1.29 is 22.7 Å². The van der Waals surface area contributed by atoms with Crippen LogP contribution in [0.5, 0.6) is 5.75 Å². The quantitative estimate of drug-likeness (QED) is 0.320. The van der Waals surface area contributed by atoms with Gasteiger partial charge >= 0.3 is 6.18 Å². The number of thiocarbonyl (C=S) groups is 1. The highest BCUT2D eigenvalue weighted by molar-refractivity contribution is 8.26. The zero-order valence-electron chi connectivity index (χ0n) is 19.9. The summed E-state index contributed by atoms with van der Waals surface area (Å²) in [4.78, 5) is 14.6. The second-order valence-electron chi connectivity index (χ2n) is 8.83. The van der Waals surface area contributed by atoms with Crippen molar-refractivity contribution in [3.05, 3.63) is 64.6 Å². The third-order valence-corrected chi connectivity index (χ3v) is 7.58. The zero-order valence-corrected chi connectivity index (χ0v) is 21.6. The Morgan fingerprint density at radius 3 is 2.65 bits per heavy atom. The molecule has 0 bridgehead atoms. The van der Waals surface area contributed by atoms with E-state index in [4.69, 9.17) is 17.0 Å². The van der Waals surface area contributed by atoms with Crippen LogP contribution in [0.2, 0.25) is 0 Å². The smallest absolute Gasteiger partial charge is 0.416 e. The summed E-state index contributed by atoms with van der Waals surface area (Å²) in [7, 11) is 1.57. The number of nitrogens with zero attached hydrogens (tertiary/aromatic N) is 1. The molecule has 0 aromatic heterocycles. The first-order chi connectivity index (χ1) is 17.7. The van der Waals surface area contributed by atoms with Crippen LogP contribution >= 0.6 is 24.0 Å². The normalized spacial score (nSPS) is 17.8. The third kappa shape index (κ3) is 5.46. The minimum atomic E-state index is -4.44. The van der Waals surface area contributed by atoms with E-state index in [1.807, 2.05) is 29.2 Å². The molecule has 1 amide bonds. The Morgan fingerprint density at radius 1 is 1.08 bits per heavy atom. The molecule has 0 spiro atoms. The molecule has 2 heterocycles. The minimum Gasteiger partial charge on any atom is -0.496 e. The molecule has 5 rings (SSSR count). The van der Waals surface area contributed by atoms with E-state index in [9.17, 15) is 18.0 Å². The van der Waals surface area contributed by atoms with Crippen molar-refractivity contribution in [1.82, 2.24) is 10.6 Å². The molecule has 10 heteroatoms. The SMILES string of the molecule is COc1ccc(/C=C2\SC(=S)NC2=O)cc1-c1ccc2cc(C(F)(F)F)cc(N3CCCNCC3)c2c1. The van der Waals surface area contributed by atoms with Crippen molar-refractivity contribution in [2.75, 3.05) is 38.2 Å². The van der Waals surface area contributed by atoms with Gasteiger partial charge in [-0.15, -0.1) is 0 Å². The Balaban J connectivity index is 1.64. The van der Waals surface area contributed by atoms with Crippen LogP contribution in [0.25, 0.3) is 28.0 Å². The maximum absolute atomic E-state index is 13.8. The maximum Gasteiger partial charge on any atom is 0.416 e. The van der Waals surface area contributed by atoms with E-state index >= 15 is 0 Å². The highest BCUT2D eigenvalue weighted by Gasteiger charge is 2.32. The number of methoxy groups -OCH3 is 1. The number of rotatable bonds is 4. The van der Waals surface area contributed by atoms with Crippen molar-refractivity contribution in [2.45, 2.75) is 12.6 Å².